The van der Waals surface area contributed by atoms with Crippen molar-refractivity contribution in [2.24, 2.45) is 0 Å². The van der Waals surface area contributed by atoms with E-state index in [4.69, 9.17) is 4.74 Å². The van der Waals surface area contributed by atoms with E-state index >= 15 is 0 Å². The summed E-state index contributed by atoms with van der Waals surface area (Å²) < 4.78 is 6.61. The van der Waals surface area contributed by atoms with Crippen LogP contribution in [-0.2, 0) is 11.3 Å². The SMILES string of the molecule is CCCCN(C)C(=O)c1sc(=O)n(Cc2ccc(OC(C)=O)cc2)c1C. The fourth-order valence-corrected chi connectivity index (χ4v) is 3.53. The molecule has 0 aliphatic rings. The number of carbonyl (C=O) groups is 2. The van der Waals surface area contributed by atoms with Crippen LogP contribution in [0.5, 0.6) is 5.75 Å². The Morgan fingerprint density at radius 3 is 2.46 bits per heavy atom. The maximum atomic E-state index is 12.6. The van der Waals surface area contributed by atoms with Crippen LogP contribution < -0.4 is 9.61 Å². The molecule has 0 unspecified atom stereocenters. The molecule has 0 atom stereocenters. The number of ether oxygens (including phenoxy) is 1. The molecule has 0 radical (unpaired) electrons. The number of amides is 1. The van der Waals surface area contributed by atoms with E-state index in [9.17, 15) is 14.4 Å². The lowest BCUT2D eigenvalue weighted by molar-refractivity contribution is -0.131. The summed E-state index contributed by atoms with van der Waals surface area (Å²) in [6.45, 7) is 6.27. The van der Waals surface area contributed by atoms with E-state index in [0.717, 1.165) is 29.7 Å². The third-order valence-electron chi connectivity index (χ3n) is 4.06. The van der Waals surface area contributed by atoms with E-state index < -0.39 is 0 Å². The molecule has 2 aromatic rings. The van der Waals surface area contributed by atoms with Crippen molar-refractivity contribution in [1.29, 1.82) is 0 Å². The molecule has 1 aromatic heterocycles. The minimum Gasteiger partial charge on any atom is -0.427 e. The summed E-state index contributed by atoms with van der Waals surface area (Å²) >= 11 is 0.989. The Balaban J connectivity index is 2.18. The molecule has 1 amide bonds. The van der Waals surface area contributed by atoms with Gasteiger partial charge in [-0.25, -0.2) is 0 Å². The second-order valence-electron chi connectivity index (χ2n) is 6.19. The number of thiazole rings is 1. The lowest BCUT2D eigenvalue weighted by Gasteiger charge is -2.16. The van der Waals surface area contributed by atoms with E-state index in [1.807, 2.05) is 0 Å². The predicted molar refractivity (Wildman–Crippen MR) is 102 cm³/mol. The first kappa shape index (κ1) is 19.9. The normalized spacial score (nSPS) is 10.6. The topological polar surface area (TPSA) is 68.6 Å². The molecule has 0 fully saturated rings. The van der Waals surface area contributed by atoms with Crippen molar-refractivity contribution < 1.29 is 14.3 Å². The highest BCUT2D eigenvalue weighted by Crippen LogP contribution is 2.18. The van der Waals surface area contributed by atoms with E-state index in [2.05, 4.69) is 6.92 Å². The standard InChI is InChI=1S/C19H24N2O4S/c1-5-6-11-20(4)18(23)17-13(2)21(19(24)26-17)12-15-7-9-16(10-8-15)25-14(3)22/h7-10H,5-6,11-12H2,1-4H3. The second-order valence-corrected chi connectivity index (χ2v) is 7.15. The number of esters is 1. The largest absolute Gasteiger partial charge is 0.427 e. The lowest BCUT2D eigenvalue weighted by Crippen LogP contribution is -2.27. The Hall–Kier alpha value is -2.41. The van der Waals surface area contributed by atoms with Crippen molar-refractivity contribution in [3.63, 3.8) is 0 Å². The predicted octanol–water partition coefficient (Wildman–Crippen LogP) is 3.06. The maximum absolute atomic E-state index is 12.6. The number of carbonyl (C=O) groups excluding carboxylic acids is 2. The van der Waals surface area contributed by atoms with Crippen molar-refractivity contribution in [2.45, 2.75) is 40.2 Å². The molecular weight excluding hydrogens is 352 g/mol. The van der Waals surface area contributed by atoms with E-state index in [-0.39, 0.29) is 16.7 Å². The van der Waals surface area contributed by atoms with Crippen molar-refractivity contribution >= 4 is 23.2 Å². The smallest absolute Gasteiger partial charge is 0.308 e. The average molecular weight is 376 g/mol. The molecule has 0 bridgehead atoms. The van der Waals surface area contributed by atoms with Crippen LogP contribution in [0.2, 0.25) is 0 Å². The fraction of sp³-hybridized carbons (Fsp3) is 0.421. The van der Waals surface area contributed by atoms with Gasteiger partial charge in [0.2, 0.25) is 0 Å². The minimum atomic E-state index is -0.377. The van der Waals surface area contributed by atoms with Gasteiger partial charge in [-0.2, -0.15) is 0 Å². The first-order valence-electron chi connectivity index (χ1n) is 8.56. The van der Waals surface area contributed by atoms with Gasteiger partial charge in [0.1, 0.15) is 10.6 Å². The van der Waals surface area contributed by atoms with Gasteiger partial charge in [0.15, 0.2) is 0 Å². The summed E-state index contributed by atoms with van der Waals surface area (Å²) in [5.74, 6) is -0.0240. The van der Waals surface area contributed by atoms with Crippen LogP contribution >= 0.6 is 11.3 Å². The van der Waals surface area contributed by atoms with Gasteiger partial charge < -0.3 is 9.64 Å². The first-order valence-corrected chi connectivity index (χ1v) is 9.38. The van der Waals surface area contributed by atoms with Crippen molar-refractivity contribution in [1.82, 2.24) is 9.47 Å². The third-order valence-corrected chi connectivity index (χ3v) is 5.13. The summed E-state index contributed by atoms with van der Waals surface area (Å²) in [6.07, 6.45) is 1.95. The number of aromatic nitrogens is 1. The maximum Gasteiger partial charge on any atom is 0.308 e. The molecule has 1 heterocycles. The molecule has 6 nitrogen and oxygen atoms in total. The van der Waals surface area contributed by atoms with Gasteiger partial charge in [0, 0.05) is 26.2 Å². The quantitative estimate of drug-likeness (QED) is 0.550. The zero-order valence-electron chi connectivity index (χ0n) is 15.6. The number of hydrogen-bond acceptors (Lipinski definition) is 5. The van der Waals surface area contributed by atoms with Gasteiger partial charge in [-0.15, -0.1) is 0 Å². The van der Waals surface area contributed by atoms with Crippen LogP contribution in [0, 0.1) is 6.92 Å². The van der Waals surface area contributed by atoms with Crippen LogP contribution in [0.3, 0.4) is 0 Å². The number of nitrogens with zero attached hydrogens (tertiary/aromatic N) is 2. The summed E-state index contributed by atoms with van der Waals surface area (Å²) in [6, 6.07) is 6.98. The molecule has 0 N–H and O–H groups in total. The molecule has 7 heteroatoms. The Bertz CT molecular complexity index is 836. The number of hydrogen-bond donors (Lipinski definition) is 0. The van der Waals surface area contributed by atoms with Crippen molar-refractivity contribution in [3.8, 4) is 5.75 Å². The van der Waals surface area contributed by atoms with Crippen LogP contribution in [-0.4, -0.2) is 34.9 Å². The van der Waals surface area contributed by atoms with Crippen LogP contribution in [0.1, 0.15) is 47.6 Å². The van der Waals surface area contributed by atoms with E-state index in [1.165, 1.54) is 6.92 Å². The summed E-state index contributed by atoms with van der Waals surface area (Å²) in [5, 5.41) is 0. The zero-order chi connectivity index (χ0) is 19.3. The summed E-state index contributed by atoms with van der Waals surface area (Å²) in [4.78, 5) is 37.9. The highest BCUT2D eigenvalue weighted by molar-refractivity contribution is 7.11. The second kappa shape index (κ2) is 8.80. The first-order chi connectivity index (χ1) is 12.3. The third kappa shape index (κ3) is 4.82. The van der Waals surface area contributed by atoms with E-state index in [1.54, 1.807) is 47.7 Å². The van der Waals surface area contributed by atoms with Gasteiger partial charge in [0.05, 0.1) is 6.54 Å². The Morgan fingerprint density at radius 1 is 1.23 bits per heavy atom. The molecule has 0 aliphatic carbocycles. The lowest BCUT2D eigenvalue weighted by atomic mass is 10.2. The molecule has 0 saturated carbocycles. The number of unbranched alkanes of at least 4 members (excludes halogenated alkanes) is 1. The van der Waals surface area contributed by atoms with Crippen molar-refractivity contribution in [2.75, 3.05) is 13.6 Å². The Morgan fingerprint density at radius 2 is 1.88 bits per heavy atom. The van der Waals surface area contributed by atoms with Crippen molar-refractivity contribution in [3.05, 3.63) is 50.1 Å². The summed E-state index contributed by atoms with van der Waals surface area (Å²) in [5.41, 5.74) is 1.57. The van der Waals surface area contributed by atoms with Gasteiger partial charge in [-0.05, 0) is 31.0 Å². The molecular formula is C19H24N2O4S. The van der Waals surface area contributed by atoms with Crippen LogP contribution in [0.4, 0.5) is 0 Å². The molecule has 140 valence electrons. The number of benzene rings is 1. The summed E-state index contributed by atoms with van der Waals surface area (Å²) in [7, 11) is 1.76. The molecule has 0 aliphatic heterocycles. The molecule has 1 aromatic carbocycles. The minimum absolute atomic E-state index is 0.109. The van der Waals surface area contributed by atoms with E-state index in [0.29, 0.717) is 29.4 Å². The highest BCUT2D eigenvalue weighted by Gasteiger charge is 2.20. The monoisotopic (exact) mass is 376 g/mol. The zero-order valence-corrected chi connectivity index (χ0v) is 16.4. The average Bonchev–Trinajstić information content (AvgIpc) is 2.88. The Labute approximate surface area is 157 Å². The van der Waals surface area contributed by atoms with Gasteiger partial charge in [-0.1, -0.05) is 36.8 Å². The molecule has 26 heavy (non-hydrogen) atoms. The Kier molecular flexibility index (Phi) is 6.74. The van der Waals surface area contributed by atoms with Crippen LogP contribution in [0.15, 0.2) is 29.1 Å². The molecule has 2 rings (SSSR count). The molecule has 0 saturated heterocycles. The fourth-order valence-electron chi connectivity index (χ4n) is 2.54. The van der Waals surface area contributed by atoms with Gasteiger partial charge in [-0.3, -0.25) is 19.0 Å². The highest BCUT2D eigenvalue weighted by atomic mass is 32.1. The van der Waals surface area contributed by atoms with Gasteiger partial charge in [0.25, 0.3) is 5.91 Å². The van der Waals surface area contributed by atoms with Gasteiger partial charge >= 0.3 is 10.8 Å². The molecule has 0 spiro atoms. The van der Waals surface area contributed by atoms with Crippen LogP contribution in [0.25, 0.3) is 0 Å². The number of rotatable bonds is 7.